The van der Waals surface area contributed by atoms with Gasteiger partial charge in [-0.1, -0.05) is 18.2 Å². The summed E-state index contributed by atoms with van der Waals surface area (Å²) in [5.41, 5.74) is 2.91. The molecule has 2 aliphatic rings. The monoisotopic (exact) mass is 441 g/mol. The van der Waals surface area contributed by atoms with Crippen LogP contribution in [0.2, 0.25) is 0 Å². The highest BCUT2D eigenvalue weighted by molar-refractivity contribution is 6.06. The normalized spacial score (nSPS) is 17.2. The van der Waals surface area contributed by atoms with E-state index in [4.69, 9.17) is 14.5 Å². The van der Waals surface area contributed by atoms with Gasteiger partial charge in [-0.2, -0.15) is 9.78 Å². The van der Waals surface area contributed by atoms with Gasteiger partial charge in [-0.05, 0) is 50.1 Å². The third-order valence-electron chi connectivity index (χ3n) is 6.00. The van der Waals surface area contributed by atoms with Gasteiger partial charge < -0.3 is 14.8 Å². The molecule has 1 N–H and O–H groups in total. The number of rotatable bonds is 5. The van der Waals surface area contributed by atoms with Gasteiger partial charge in [0.25, 0.3) is 5.91 Å². The summed E-state index contributed by atoms with van der Waals surface area (Å²) in [6.45, 7) is 2.61. The third-order valence-corrected chi connectivity index (χ3v) is 6.00. The van der Waals surface area contributed by atoms with Gasteiger partial charge in [-0.15, -0.1) is 0 Å². The fourth-order valence-electron chi connectivity index (χ4n) is 4.18. The van der Waals surface area contributed by atoms with Crippen LogP contribution in [0.25, 0.3) is 16.9 Å². The first-order chi connectivity index (χ1) is 16.2. The number of hydrogen-bond acceptors (Lipinski definition) is 6. The van der Waals surface area contributed by atoms with E-state index in [9.17, 15) is 4.79 Å². The van der Waals surface area contributed by atoms with Crippen LogP contribution in [0.15, 0.2) is 54.7 Å². The molecule has 3 aromatic heterocycles. The van der Waals surface area contributed by atoms with E-state index in [1.807, 2.05) is 55.5 Å². The van der Waals surface area contributed by atoms with Gasteiger partial charge in [-0.3, -0.25) is 4.79 Å². The van der Waals surface area contributed by atoms with Crippen LogP contribution >= 0.6 is 0 Å². The van der Waals surface area contributed by atoms with E-state index >= 15 is 0 Å². The zero-order chi connectivity index (χ0) is 22.4. The van der Waals surface area contributed by atoms with Crippen LogP contribution < -0.4 is 14.8 Å². The zero-order valence-corrected chi connectivity index (χ0v) is 18.2. The number of nitrogens with zero attached hydrogens (tertiary/aromatic N) is 4. The van der Waals surface area contributed by atoms with Crippen LogP contribution in [0.3, 0.4) is 0 Å². The predicted molar refractivity (Wildman–Crippen MR) is 122 cm³/mol. The molecule has 166 valence electrons. The Hall–Kier alpha value is -3.94. The van der Waals surface area contributed by atoms with Crippen LogP contribution in [0.4, 0.5) is 0 Å². The van der Waals surface area contributed by atoms with Gasteiger partial charge in [0.2, 0.25) is 0 Å². The number of benzene rings is 1. The lowest BCUT2D eigenvalue weighted by Gasteiger charge is -2.26. The highest BCUT2D eigenvalue weighted by Crippen LogP contribution is 2.40. The second kappa shape index (κ2) is 7.88. The minimum atomic E-state index is -0.263. The number of carbonyl (C=O) groups is 1. The lowest BCUT2D eigenvalue weighted by atomic mass is 10.1. The molecule has 4 heterocycles. The average Bonchev–Trinajstić information content (AvgIpc) is 3.66. The van der Waals surface area contributed by atoms with Crippen molar-refractivity contribution in [1.82, 2.24) is 25.1 Å². The molecule has 1 fully saturated rings. The van der Waals surface area contributed by atoms with Gasteiger partial charge in [0.15, 0.2) is 23.0 Å². The number of nitrogens with one attached hydrogen (secondary N) is 1. The van der Waals surface area contributed by atoms with Crippen LogP contribution in [-0.4, -0.2) is 44.9 Å². The standard InChI is InChI=1S/C25H23N5O3/c1-15-23-18(25(31)27-13-17-14-32-20-6-2-3-7-21(20)33-17)12-19(16-9-10-16)28-24(23)30(29-15)22-8-4-5-11-26-22/h2-8,11-12,16-17H,9-10,13-14H2,1H3,(H,27,31). The van der Waals surface area contributed by atoms with Crippen LogP contribution in [-0.2, 0) is 0 Å². The predicted octanol–water partition coefficient (Wildman–Crippen LogP) is 3.57. The Morgan fingerprint density at radius 1 is 1.15 bits per heavy atom. The van der Waals surface area contributed by atoms with Gasteiger partial charge in [-0.25, -0.2) is 9.97 Å². The molecule has 4 aromatic rings. The quantitative estimate of drug-likeness (QED) is 0.509. The maximum Gasteiger partial charge on any atom is 0.252 e. The van der Waals surface area contributed by atoms with Crippen molar-refractivity contribution >= 4 is 16.9 Å². The molecule has 8 heteroatoms. The molecule has 8 nitrogen and oxygen atoms in total. The van der Waals surface area contributed by atoms with E-state index in [2.05, 4.69) is 15.4 Å². The number of hydrogen-bond donors (Lipinski definition) is 1. The summed E-state index contributed by atoms with van der Waals surface area (Å²) in [6.07, 6.45) is 3.63. The van der Waals surface area contributed by atoms with Crippen molar-refractivity contribution in [1.29, 1.82) is 0 Å². The summed E-state index contributed by atoms with van der Waals surface area (Å²) in [6, 6.07) is 15.1. The molecule has 0 bridgehead atoms. The number of carbonyl (C=O) groups excluding carboxylic acids is 1. The largest absolute Gasteiger partial charge is 0.486 e. The third kappa shape index (κ3) is 3.67. The summed E-state index contributed by atoms with van der Waals surface area (Å²) in [5, 5.41) is 8.44. The molecule has 1 aliphatic heterocycles. The van der Waals surface area contributed by atoms with Crippen LogP contribution in [0.5, 0.6) is 11.5 Å². The summed E-state index contributed by atoms with van der Waals surface area (Å²) in [7, 11) is 0. The minimum absolute atomic E-state index is 0.171. The Bertz CT molecular complexity index is 1350. The summed E-state index contributed by atoms with van der Waals surface area (Å²) < 4.78 is 13.5. The SMILES string of the molecule is Cc1nn(-c2ccccn2)c2nc(C3CC3)cc(C(=O)NCC3COc4ccccc4O3)c12. The maximum atomic E-state index is 13.4. The molecule has 6 rings (SSSR count). The molecule has 0 spiro atoms. The van der Waals surface area contributed by atoms with Crippen molar-refractivity contribution in [2.75, 3.05) is 13.2 Å². The van der Waals surface area contributed by atoms with Gasteiger partial charge in [0.1, 0.15) is 12.7 Å². The number of fused-ring (bicyclic) bond motifs is 2. The topological polar surface area (TPSA) is 91.2 Å². The summed E-state index contributed by atoms with van der Waals surface area (Å²) >= 11 is 0. The number of para-hydroxylation sites is 2. The molecular formula is C25H23N5O3. The van der Waals surface area contributed by atoms with E-state index in [0.29, 0.717) is 41.8 Å². The Morgan fingerprint density at radius 3 is 2.76 bits per heavy atom. The van der Waals surface area contributed by atoms with Gasteiger partial charge in [0, 0.05) is 17.8 Å². The van der Waals surface area contributed by atoms with E-state index < -0.39 is 0 Å². The lowest BCUT2D eigenvalue weighted by molar-refractivity contribution is 0.0790. The van der Waals surface area contributed by atoms with Crippen molar-refractivity contribution in [3.63, 3.8) is 0 Å². The first-order valence-corrected chi connectivity index (χ1v) is 11.2. The van der Waals surface area contributed by atoms with Crippen molar-refractivity contribution in [3.8, 4) is 17.3 Å². The number of pyridine rings is 2. The fourth-order valence-corrected chi connectivity index (χ4v) is 4.18. The molecule has 1 aromatic carbocycles. The van der Waals surface area contributed by atoms with Crippen LogP contribution in [0, 0.1) is 6.92 Å². The molecule has 0 saturated heterocycles. The maximum absolute atomic E-state index is 13.4. The van der Waals surface area contributed by atoms with Crippen molar-refractivity contribution < 1.29 is 14.3 Å². The molecular weight excluding hydrogens is 418 g/mol. The number of ether oxygens (including phenoxy) is 2. The zero-order valence-electron chi connectivity index (χ0n) is 18.2. The highest BCUT2D eigenvalue weighted by Gasteiger charge is 2.29. The molecule has 1 atom stereocenters. The molecule has 1 unspecified atom stereocenters. The second-order valence-electron chi connectivity index (χ2n) is 8.46. The van der Waals surface area contributed by atoms with E-state index in [0.717, 1.165) is 35.4 Å². The Labute approximate surface area is 190 Å². The summed E-state index contributed by atoms with van der Waals surface area (Å²) in [5.74, 6) is 2.31. The number of aryl methyl sites for hydroxylation is 1. The average molecular weight is 441 g/mol. The van der Waals surface area contributed by atoms with Crippen LogP contribution in [0.1, 0.15) is 40.5 Å². The minimum Gasteiger partial charge on any atom is -0.486 e. The molecule has 1 aliphatic carbocycles. The highest BCUT2D eigenvalue weighted by atomic mass is 16.6. The van der Waals surface area contributed by atoms with Gasteiger partial charge >= 0.3 is 0 Å². The summed E-state index contributed by atoms with van der Waals surface area (Å²) in [4.78, 5) is 22.7. The van der Waals surface area contributed by atoms with E-state index in [1.165, 1.54) is 0 Å². The second-order valence-corrected chi connectivity index (χ2v) is 8.46. The number of aromatic nitrogens is 4. The van der Waals surface area contributed by atoms with E-state index in [1.54, 1.807) is 10.9 Å². The first kappa shape index (κ1) is 19.7. The lowest BCUT2D eigenvalue weighted by Crippen LogP contribution is -2.40. The molecule has 33 heavy (non-hydrogen) atoms. The molecule has 1 amide bonds. The first-order valence-electron chi connectivity index (χ1n) is 11.2. The molecule has 0 radical (unpaired) electrons. The smallest absolute Gasteiger partial charge is 0.252 e. The van der Waals surface area contributed by atoms with Crippen molar-refractivity contribution in [3.05, 3.63) is 71.7 Å². The van der Waals surface area contributed by atoms with E-state index in [-0.39, 0.29) is 12.0 Å². The Morgan fingerprint density at radius 2 is 1.97 bits per heavy atom. The van der Waals surface area contributed by atoms with Crippen molar-refractivity contribution in [2.45, 2.75) is 31.8 Å². The molecule has 1 saturated carbocycles. The van der Waals surface area contributed by atoms with Gasteiger partial charge in [0.05, 0.1) is 23.2 Å². The Kier molecular flexibility index (Phi) is 4.71. The fraction of sp³-hybridized carbons (Fsp3) is 0.280. The van der Waals surface area contributed by atoms with Crippen molar-refractivity contribution in [2.24, 2.45) is 0 Å². The number of amides is 1. The Balaban J connectivity index is 1.31.